The quantitative estimate of drug-likeness (QED) is 0.578. The Kier molecular flexibility index (Phi) is 3.21. The summed E-state index contributed by atoms with van der Waals surface area (Å²) < 4.78 is 1.86. The van der Waals surface area contributed by atoms with Gasteiger partial charge in [-0.15, -0.1) is 6.42 Å². The smallest absolute Gasteiger partial charge is 0.208 e. The number of imidazole rings is 1. The molecule has 6 heteroatoms. The fourth-order valence-corrected chi connectivity index (χ4v) is 1.59. The molecule has 0 saturated carbocycles. The lowest BCUT2D eigenvalue weighted by molar-refractivity contribution is 0.281. The lowest BCUT2D eigenvalue weighted by Crippen LogP contribution is -2.02. The average Bonchev–Trinajstić information content (AvgIpc) is 2.73. The summed E-state index contributed by atoms with van der Waals surface area (Å²) in [6.45, 7) is 0.900. The second-order valence-electron chi connectivity index (χ2n) is 3.62. The summed E-state index contributed by atoms with van der Waals surface area (Å²) in [6, 6.07) is 0. The van der Waals surface area contributed by atoms with E-state index in [-0.39, 0.29) is 12.4 Å². The van der Waals surface area contributed by atoms with E-state index in [2.05, 4.69) is 20.9 Å². The van der Waals surface area contributed by atoms with Crippen molar-refractivity contribution in [3.8, 4) is 12.3 Å². The van der Waals surface area contributed by atoms with Crippen molar-refractivity contribution in [3.63, 3.8) is 0 Å². The molecule has 3 N–H and O–H groups in total. The van der Waals surface area contributed by atoms with E-state index in [0.717, 1.165) is 19.4 Å². The fraction of sp³-hybridized carbons (Fsp3) is 0.364. The van der Waals surface area contributed by atoms with Crippen molar-refractivity contribution < 1.29 is 5.11 Å². The van der Waals surface area contributed by atoms with Gasteiger partial charge in [-0.25, -0.2) is 15.0 Å². The van der Waals surface area contributed by atoms with E-state index in [1.807, 2.05) is 4.57 Å². The molecule has 17 heavy (non-hydrogen) atoms. The molecule has 0 saturated heterocycles. The molecular weight excluding hydrogens is 218 g/mol. The van der Waals surface area contributed by atoms with Gasteiger partial charge in [0.15, 0.2) is 11.5 Å². The summed E-state index contributed by atoms with van der Waals surface area (Å²) in [6.07, 6.45) is 8.50. The number of rotatable bonds is 4. The molecule has 88 valence electrons. The van der Waals surface area contributed by atoms with Crippen molar-refractivity contribution in [2.45, 2.75) is 19.4 Å². The third-order valence-electron chi connectivity index (χ3n) is 2.43. The molecule has 2 aromatic rings. The molecule has 6 nitrogen and oxygen atoms in total. The van der Waals surface area contributed by atoms with Gasteiger partial charge < -0.3 is 15.4 Å². The van der Waals surface area contributed by atoms with Gasteiger partial charge in [0.05, 0.1) is 6.33 Å². The first-order valence-electron chi connectivity index (χ1n) is 5.32. The van der Waals surface area contributed by atoms with Crippen LogP contribution in [0.5, 0.6) is 0 Å². The minimum Gasteiger partial charge on any atom is -0.396 e. The van der Waals surface area contributed by atoms with Crippen LogP contribution in [-0.2, 0) is 6.54 Å². The first kappa shape index (κ1) is 11.4. The van der Waals surface area contributed by atoms with Crippen LogP contribution in [0.2, 0.25) is 0 Å². The number of unbranched alkanes of at least 4 members (excludes halogenated alkanes) is 1. The molecule has 0 bridgehead atoms. The van der Waals surface area contributed by atoms with Gasteiger partial charge in [0.25, 0.3) is 0 Å². The molecule has 2 heterocycles. The Hall–Kier alpha value is -2.13. The van der Waals surface area contributed by atoms with Crippen LogP contribution in [0, 0.1) is 12.3 Å². The molecule has 0 aliphatic carbocycles. The van der Waals surface area contributed by atoms with E-state index in [1.165, 1.54) is 0 Å². The van der Waals surface area contributed by atoms with Crippen LogP contribution in [0.15, 0.2) is 6.33 Å². The van der Waals surface area contributed by atoms with Gasteiger partial charge >= 0.3 is 0 Å². The van der Waals surface area contributed by atoms with Gasteiger partial charge in [0.1, 0.15) is 5.52 Å². The van der Waals surface area contributed by atoms with E-state index >= 15 is 0 Å². The molecule has 0 fully saturated rings. The molecule has 0 amide bonds. The highest BCUT2D eigenvalue weighted by Crippen LogP contribution is 2.16. The van der Waals surface area contributed by atoms with E-state index in [4.69, 9.17) is 17.3 Å². The van der Waals surface area contributed by atoms with Crippen molar-refractivity contribution in [1.82, 2.24) is 19.5 Å². The number of hydrogen-bond donors (Lipinski definition) is 2. The van der Waals surface area contributed by atoms with E-state index in [0.29, 0.717) is 17.0 Å². The molecular formula is C11H13N5O. The SMILES string of the molecule is C#Cc1nc(N)c2ncn(CCCCO)c2n1. The number of aromatic nitrogens is 4. The Morgan fingerprint density at radius 1 is 1.41 bits per heavy atom. The van der Waals surface area contributed by atoms with Crippen LogP contribution < -0.4 is 5.73 Å². The average molecular weight is 231 g/mol. The van der Waals surface area contributed by atoms with Crippen LogP contribution in [0.25, 0.3) is 11.2 Å². The van der Waals surface area contributed by atoms with Gasteiger partial charge in [-0.1, -0.05) is 0 Å². The highest BCUT2D eigenvalue weighted by molar-refractivity contribution is 5.81. The molecule has 0 unspecified atom stereocenters. The minimum atomic E-state index is 0.180. The van der Waals surface area contributed by atoms with Crippen LogP contribution in [0.4, 0.5) is 5.82 Å². The number of nitrogen functional groups attached to an aromatic ring is 1. The maximum atomic E-state index is 8.74. The Labute approximate surface area is 98.5 Å². The number of aliphatic hydroxyl groups is 1. The van der Waals surface area contributed by atoms with Crippen molar-refractivity contribution in [2.75, 3.05) is 12.3 Å². The summed E-state index contributed by atoms with van der Waals surface area (Å²) >= 11 is 0. The number of hydrogen-bond acceptors (Lipinski definition) is 5. The monoisotopic (exact) mass is 231 g/mol. The number of aryl methyl sites for hydroxylation is 1. The van der Waals surface area contributed by atoms with Crippen molar-refractivity contribution >= 4 is 17.0 Å². The number of nitrogens with zero attached hydrogens (tertiary/aromatic N) is 4. The molecule has 2 rings (SSSR count). The van der Waals surface area contributed by atoms with Crippen LogP contribution >= 0.6 is 0 Å². The molecule has 0 radical (unpaired) electrons. The predicted molar refractivity (Wildman–Crippen MR) is 64.0 cm³/mol. The first-order chi connectivity index (χ1) is 8.26. The summed E-state index contributed by atoms with van der Waals surface area (Å²) in [5, 5.41) is 8.74. The summed E-state index contributed by atoms with van der Waals surface area (Å²) in [5.41, 5.74) is 6.94. The van der Waals surface area contributed by atoms with Crippen molar-refractivity contribution in [3.05, 3.63) is 12.2 Å². The van der Waals surface area contributed by atoms with Crippen molar-refractivity contribution in [2.24, 2.45) is 0 Å². The Bertz CT molecular complexity index is 569. The zero-order chi connectivity index (χ0) is 12.3. The lowest BCUT2D eigenvalue weighted by atomic mass is 10.3. The van der Waals surface area contributed by atoms with E-state index < -0.39 is 0 Å². The van der Waals surface area contributed by atoms with Crippen molar-refractivity contribution in [1.29, 1.82) is 0 Å². The highest BCUT2D eigenvalue weighted by atomic mass is 16.2. The lowest BCUT2D eigenvalue weighted by Gasteiger charge is -2.03. The second kappa shape index (κ2) is 4.80. The second-order valence-corrected chi connectivity index (χ2v) is 3.62. The van der Waals surface area contributed by atoms with Gasteiger partial charge in [0, 0.05) is 13.2 Å². The normalized spacial score (nSPS) is 10.6. The summed E-state index contributed by atoms with van der Waals surface area (Å²) in [7, 11) is 0. The zero-order valence-corrected chi connectivity index (χ0v) is 9.30. The predicted octanol–water partition coefficient (Wildman–Crippen LogP) is 0.162. The van der Waals surface area contributed by atoms with Gasteiger partial charge in [0.2, 0.25) is 5.82 Å². The van der Waals surface area contributed by atoms with Crippen LogP contribution in [0.3, 0.4) is 0 Å². The molecule has 2 aromatic heterocycles. The van der Waals surface area contributed by atoms with Crippen LogP contribution in [-0.4, -0.2) is 31.2 Å². The maximum absolute atomic E-state index is 8.74. The topological polar surface area (TPSA) is 89.8 Å². The number of aliphatic hydroxyl groups excluding tert-OH is 1. The Balaban J connectivity index is 2.38. The number of terminal acetylenes is 1. The number of nitrogens with two attached hydrogens (primary N) is 1. The summed E-state index contributed by atoms with van der Waals surface area (Å²) in [5.74, 6) is 2.92. The highest BCUT2D eigenvalue weighted by Gasteiger charge is 2.09. The standard InChI is InChI=1S/C11H13N5O/c1-2-8-14-10(12)9-11(15-8)16(7-13-9)5-3-4-6-17/h1,7,17H,3-6H2,(H2,12,14,15). The number of fused-ring (bicyclic) bond motifs is 1. The number of anilines is 1. The fourth-order valence-electron chi connectivity index (χ4n) is 1.59. The van der Waals surface area contributed by atoms with Crippen LogP contribution in [0.1, 0.15) is 18.7 Å². The molecule has 0 atom stereocenters. The van der Waals surface area contributed by atoms with Gasteiger partial charge in [-0.05, 0) is 18.8 Å². The van der Waals surface area contributed by atoms with E-state index in [1.54, 1.807) is 6.33 Å². The molecule has 0 aliphatic rings. The first-order valence-corrected chi connectivity index (χ1v) is 5.32. The largest absolute Gasteiger partial charge is 0.396 e. The van der Waals surface area contributed by atoms with E-state index in [9.17, 15) is 0 Å². The minimum absolute atomic E-state index is 0.180. The third kappa shape index (κ3) is 2.19. The third-order valence-corrected chi connectivity index (χ3v) is 2.43. The van der Waals surface area contributed by atoms with Gasteiger partial charge in [-0.3, -0.25) is 0 Å². The maximum Gasteiger partial charge on any atom is 0.208 e. The zero-order valence-electron chi connectivity index (χ0n) is 9.30. The Morgan fingerprint density at radius 3 is 2.94 bits per heavy atom. The molecule has 0 aliphatic heterocycles. The summed E-state index contributed by atoms with van der Waals surface area (Å²) in [4.78, 5) is 12.3. The molecule has 0 aromatic carbocycles. The van der Waals surface area contributed by atoms with Gasteiger partial charge in [-0.2, -0.15) is 0 Å². The Morgan fingerprint density at radius 2 is 2.24 bits per heavy atom. The molecule has 0 spiro atoms.